The number of carbonyl (C=O) groups excluding carboxylic acids is 2. The Kier molecular flexibility index (Phi) is 5.83. The second kappa shape index (κ2) is 9.07. The molecule has 0 N–H and O–H groups in total. The van der Waals surface area contributed by atoms with E-state index in [1.807, 2.05) is 30.3 Å². The highest BCUT2D eigenvalue weighted by molar-refractivity contribution is 5.86. The molecule has 0 spiro atoms. The van der Waals surface area contributed by atoms with Crippen molar-refractivity contribution in [3.8, 4) is 5.75 Å². The fourth-order valence-corrected chi connectivity index (χ4v) is 4.10. The molecular formula is C25H22FNO6. The highest BCUT2D eigenvalue weighted by atomic mass is 19.1. The number of rotatable bonds is 6. The van der Waals surface area contributed by atoms with Crippen molar-refractivity contribution in [2.45, 2.75) is 32.5 Å². The minimum Gasteiger partial charge on any atom is -0.467 e. The molecule has 2 aliphatic rings. The van der Waals surface area contributed by atoms with E-state index in [0.29, 0.717) is 29.2 Å². The van der Waals surface area contributed by atoms with E-state index in [1.165, 1.54) is 18.4 Å². The molecule has 7 nitrogen and oxygen atoms in total. The molecule has 0 radical (unpaired) electrons. The molecule has 33 heavy (non-hydrogen) atoms. The molecule has 0 unspecified atom stereocenters. The summed E-state index contributed by atoms with van der Waals surface area (Å²) in [7, 11) is 0. The zero-order valence-electron chi connectivity index (χ0n) is 17.7. The van der Waals surface area contributed by atoms with Crippen LogP contribution in [0.15, 0.2) is 65.3 Å². The summed E-state index contributed by atoms with van der Waals surface area (Å²) in [6.45, 7) is 0.567. The quantitative estimate of drug-likeness (QED) is 0.525. The molecule has 1 saturated heterocycles. The average Bonchev–Trinajstić information content (AvgIpc) is 3.47. The molecule has 0 bridgehead atoms. The van der Waals surface area contributed by atoms with Gasteiger partial charge in [0, 0.05) is 29.7 Å². The molecule has 1 aromatic heterocycles. The highest BCUT2D eigenvalue weighted by Gasteiger charge is 2.36. The summed E-state index contributed by atoms with van der Waals surface area (Å²) in [5, 5.41) is 0. The van der Waals surface area contributed by atoms with Crippen LogP contribution in [0.5, 0.6) is 5.75 Å². The molecular weight excluding hydrogens is 429 g/mol. The first-order valence-corrected chi connectivity index (χ1v) is 10.7. The van der Waals surface area contributed by atoms with E-state index in [2.05, 4.69) is 0 Å². The number of amides is 1. The Hall–Kier alpha value is -3.65. The molecule has 8 heteroatoms. The third kappa shape index (κ3) is 4.61. The average molecular weight is 451 g/mol. The van der Waals surface area contributed by atoms with Gasteiger partial charge in [-0.15, -0.1) is 0 Å². The third-order valence-corrected chi connectivity index (χ3v) is 5.74. The molecule has 3 heterocycles. The number of likely N-dealkylation sites (tertiary alicyclic amines) is 1. The van der Waals surface area contributed by atoms with Gasteiger partial charge in [-0.2, -0.15) is 0 Å². The molecule has 3 aromatic rings. The Morgan fingerprint density at radius 1 is 1.15 bits per heavy atom. The van der Waals surface area contributed by atoms with Crippen LogP contribution in [0.3, 0.4) is 0 Å². The largest absolute Gasteiger partial charge is 0.467 e. The predicted molar refractivity (Wildman–Crippen MR) is 113 cm³/mol. The van der Waals surface area contributed by atoms with Gasteiger partial charge in [-0.25, -0.2) is 4.39 Å². The number of nitrogens with zero attached hydrogens (tertiary/aromatic N) is 1. The van der Waals surface area contributed by atoms with E-state index in [-0.39, 0.29) is 32.1 Å². The maximum absolute atomic E-state index is 14.2. The lowest BCUT2D eigenvalue weighted by Crippen LogP contribution is -2.26. The van der Waals surface area contributed by atoms with Crippen molar-refractivity contribution in [3.05, 3.63) is 89.1 Å². The van der Waals surface area contributed by atoms with Gasteiger partial charge < -0.3 is 23.5 Å². The van der Waals surface area contributed by atoms with Crippen molar-refractivity contribution < 1.29 is 32.6 Å². The van der Waals surface area contributed by atoms with E-state index in [9.17, 15) is 14.0 Å². The number of ether oxygens (including phenoxy) is 3. The fraction of sp³-hybridized carbons (Fsp3) is 0.280. The van der Waals surface area contributed by atoms with Gasteiger partial charge in [0.05, 0.1) is 25.3 Å². The number of fused-ring (bicyclic) bond motifs is 1. The lowest BCUT2D eigenvalue weighted by molar-refractivity contribution is -0.150. The van der Waals surface area contributed by atoms with Crippen molar-refractivity contribution >= 4 is 11.9 Å². The minimum atomic E-state index is -0.638. The molecule has 2 aromatic carbocycles. The monoisotopic (exact) mass is 451 g/mol. The molecule has 0 saturated carbocycles. The summed E-state index contributed by atoms with van der Waals surface area (Å²) in [4.78, 5) is 26.5. The Morgan fingerprint density at radius 3 is 2.79 bits per heavy atom. The highest BCUT2D eigenvalue weighted by Crippen LogP contribution is 2.37. The van der Waals surface area contributed by atoms with Crippen LogP contribution < -0.4 is 4.74 Å². The number of esters is 1. The summed E-state index contributed by atoms with van der Waals surface area (Å²) in [5.41, 5.74) is 1.80. The Bertz CT molecular complexity index is 1150. The van der Waals surface area contributed by atoms with Crippen LogP contribution in [0.4, 0.5) is 4.39 Å². The lowest BCUT2D eigenvalue weighted by Gasteiger charge is -2.28. The van der Waals surface area contributed by atoms with Crippen LogP contribution in [-0.2, 0) is 38.8 Å². The maximum atomic E-state index is 14.2. The van der Waals surface area contributed by atoms with Gasteiger partial charge in [0.2, 0.25) is 12.2 Å². The van der Waals surface area contributed by atoms with Crippen molar-refractivity contribution in [1.29, 1.82) is 0 Å². The molecule has 5 rings (SSSR count). The summed E-state index contributed by atoms with van der Waals surface area (Å²) < 4.78 is 36.7. The van der Waals surface area contributed by atoms with E-state index >= 15 is 0 Å². The smallest absolute Gasteiger partial charge is 0.311 e. The summed E-state index contributed by atoms with van der Waals surface area (Å²) in [6.07, 6.45) is 0.971. The van der Waals surface area contributed by atoms with E-state index in [4.69, 9.17) is 18.6 Å². The zero-order chi connectivity index (χ0) is 22.8. The van der Waals surface area contributed by atoms with Gasteiger partial charge >= 0.3 is 5.97 Å². The number of benzene rings is 2. The van der Waals surface area contributed by atoms with Crippen molar-refractivity contribution in [1.82, 2.24) is 4.90 Å². The summed E-state index contributed by atoms with van der Waals surface area (Å²) >= 11 is 0. The maximum Gasteiger partial charge on any atom is 0.311 e. The first kappa shape index (κ1) is 21.2. The molecule has 1 fully saturated rings. The SMILES string of the molecule is O=C(OCc1cc(F)cc2c1O[C@H](c1ccccc1)OC2)[C@H]1CC(=O)N(Cc2ccco2)C1. The van der Waals surface area contributed by atoms with E-state index < -0.39 is 24.0 Å². The van der Waals surface area contributed by atoms with Gasteiger partial charge in [0.1, 0.15) is 23.9 Å². The summed E-state index contributed by atoms with van der Waals surface area (Å²) in [5.74, 6) is -0.594. The number of hydrogen-bond acceptors (Lipinski definition) is 6. The van der Waals surface area contributed by atoms with Gasteiger partial charge in [-0.05, 0) is 24.3 Å². The Labute approximate surface area is 189 Å². The zero-order valence-corrected chi connectivity index (χ0v) is 17.7. The van der Waals surface area contributed by atoms with Gasteiger partial charge in [0.15, 0.2) is 0 Å². The first-order valence-electron chi connectivity index (χ1n) is 10.7. The van der Waals surface area contributed by atoms with Crippen LogP contribution in [0.2, 0.25) is 0 Å². The normalized spacial score (nSPS) is 19.8. The molecule has 2 aliphatic heterocycles. The molecule has 2 atom stereocenters. The van der Waals surface area contributed by atoms with Crippen LogP contribution in [0.1, 0.15) is 35.2 Å². The molecule has 0 aliphatic carbocycles. The number of hydrogen-bond donors (Lipinski definition) is 0. The van der Waals surface area contributed by atoms with Gasteiger partial charge in [-0.1, -0.05) is 30.3 Å². The third-order valence-electron chi connectivity index (χ3n) is 5.74. The Balaban J connectivity index is 1.25. The standard InChI is InChI=1S/C25H22FNO6/c26-20-9-18(23-19(10-20)15-32-25(33-23)16-5-2-1-3-6-16)14-31-24(29)17-11-22(28)27(12-17)13-21-7-4-8-30-21/h1-10,17,25H,11-15H2/t17-,25+/m0/s1. The number of halogens is 1. The Morgan fingerprint density at radius 2 is 2.00 bits per heavy atom. The lowest BCUT2D eigenvalue weighted by atomic mass is 10.1. The van der Waals surface area contributed by atoms with E-state index in [1.54, 1.807) is 17.0 Å². The van der Waals surface area contributed by atoms with Gasteiger partial charge in [-0.3, -0.25) is 9.59 Å². The van der Waals surface area contributed by atoms with Crippen molar-refractivity contribution in [2.75, 3.05) is 6.54 Å². The molecule has 170 valence electrons. The second-order valence-corrected chi connectivity index (χ2v) is 8.09. The van der Waals surface area contributed by atoms with Crippen LogP contribution in [0.25, 0.3) is 0 Å². The fourth-order valence-electron chi connectivity index (χ4n) is 4.10. The summed E-state index contributed by atoms with van der Waals surface area (Å²) in [6, 6.07) is 15.6. The first-order chi connectivity index (χ1) is 16.1. The topological polar surface area (TPSA) is 78.2 Å². The molecule has 1 amide bonds. The van der Waals surface area contributed by atoms with E-state index in [0.717, 1.165) is 5.56 Å². The predicted octanol–water partition coefficient (Wildman–Crippen LogP) is 4.12. The second-order valence-electron chi connectivity index (χ2n) is 8.09. The minimum absolute atomic E-state index is 0.0707. The van der Waals surface area contributed by atoms with Crippen molar-refractivity contribution in [2.24, 2.45) is 5.92 Å². The van der Waals surface area contributed by atoms with Gasteiger partial charge in [0.25, 0.3) is 0 Å². The number of carbonyl (C=O) groups is 2. The van der Waals surface area contributed by atoms with Crippen LogP contribution in [-0.4, -0.2) is 23.3 Å². The number of furan rings is 1. The van der Waals surface area contributed by atoms with Crippen LogP contribution in [0, 0.1) is 11.7 Å². The van der Waals surface area contributed by atoms with Crippen molar-refractivity contribution in [3.63, 3.8) is 0 Å². The van der Waals surface area contributed by atoms with Crippen LogP contribution >= 0.6 is 0 Å².